The molecule has 0 radical (unpaired) electrons. The maximum absolute atomic E-state index is 12.1. The summed E-state index contributed by atoms with van der Waals surface area (Å²) in [6.45, 7) is 4.70. The van der Waals surface area contributed by atoms with Crippen LogP contribution in [0.25, 0.3) is 0 Å². The maximum atomic E-state index is 12.1. The molecule has 1 aromatic rings. The number of carbonyl (C=O) groups is 1. The lowest BCUT2D eigenvalue weighted by molar-refractivity contribution is 0.0773. The minimum absolute atomic E-state index is 0.123. The van der Waals surface area contributed by atoms with E-state index in [0.29, 0.717) is 13.1 Å². The Morgan fingerprint density at radius 1 is 1.33 bits per heavy atom. The van der Waals surface area contributed by atoms with E-state index in [-0.39, 0.29) is 21.4 Å². The van der Waals surface area contributed by atoms with Gasteiger partial charge in [0.1, 0.15) is 0 Å². The van der Waals surface area contributed by atoms with Crippen molar-refractivity contribution >= 4 is 27.5 Å². The minimum atomic E-state index is -3.84. The molecule has 5 nitrogen and oxygen atoms in total. The van der Waals surface area contributed by atoms with Crippen molar-refractivity contribution in [2.75, 3.05) is 13.1 Å². The number of benzene rings is 1. The fourth-order valence-electron chi connectivity index (χ4n) is 1.53. The van der Waals surface area contributed by atoms with E-state index < -0.39 is 10.0 Å². The Kier molecular flexibility index (Phi) is 4.72. The Bertz CT molecular complexity index is 553. The molecule has 0 aromatic heterocycles. The number of nitrogens with two attached hydrogens (primary N) is 1. The van der Waals surface area contributed by atoms with Gasteiger partial charge >= 0.3 is 0 Å². The van der Waals surface area contributed by atoms with Crippen LogP contribution in [0.3, 0.4) is 0 Å². The van der Waals surface area contributed by atoms with Crippen LogP contribution in [0.15, 0.2) is 23.1 Å². The molecule has 100 valence electrons. The van der Waals surface area contributed by atoms with Crippen molar-refractivity contribution in [1.29, 1.82) is 0 Å². The second kappa shape index (κ2) is 5.69. The number of sulfonamides is 1. The van der Waals surface area contributed by atoms with Gasteiger partial charge in [0, 0.05) is 13.1 Å². The average Bonchev–Trinajstić information content (AvgIpc) is 2.29. The number of hydrogen-bond donors (Lipinski definition) is 1. The molecule has 18 heavy (non-hydrogen) atoms. The van der Waals surface area contributed by atoms with Gasteiger partial charge in [-0.15, -0.1) is 0 Å². The molecule has 1 amide bonds. The van der Waals surface area contributed by atoms with E-state index in [9.17, 15) is 13.2 Å². The third-order valence-corrected chi connectivity index (χ3v) is 3.79. The molecule has 0 aliphatic rings. The molecule has 0 unspecified atom stereocenters. The summed E-state index contributed by atoms with van der Waals surface area (Å²) in [5.41, 5.74) is 0.145. The number of amides is 1. The van der Waals surface area contributed by atoms with E-state index in [1.807, 2.05) is 13.8 Å². The van der Waals surface area contributed by atoms with Crippen LogP contribution in [0.5, 0.6) is 0 Å². The third-order valence-electron chi connectivity index (χ3n) is 2.55. The molecule has 0 heterocycles. The highest BCUT2D eigenvalue weighted by Gasteiger charge is 2.19. The summed E-state index contributed by atoms with van der Waals surface area (Å²) in [5.74, 6) is -0.310. The fraction of sp³-hybridized carbons (Fsp3) is 0.364. The zero-order valence-electron chi connectivity index (χ0n) is 10.2. The smallest absolute Gasteiger partial charge is 0.255 e. The van der Waals surface area contributed by atoms with Gasteiger partial charge in [0.2, 0.25) is 10.0 Å². The lowest BCUT2D eigenvalue weighted by Gasteiger charge is -2.19. The second-order valence-corrected chi connectivity index (χ2v) is 5.63. The van der Waals surface area contributed by atoms with E-state index in [0.717, 1.165) is 0 Å². The fourth-order valence-corrected chi connectivity index (χ4v) is 2.26. The summed E-state index contributed by atoms with van der Waals surface area (Å²) in [4.78, 5) is 13.5. The number of carbonyl (C=O) groups excluding carboxylic acids is 1. The molecule has 1 aromatic carbocycles. The van der Waals surface area contributed by atoms with Crippen molar-refractivity contribution < 1.29 is 13.2 Å². The molecule has 0 atom stereocenters. The molecule has 0 aliphatic carbocycles. The Balaban J connectivity index is 3.28. The molecule has 0 fully saturated rings. The van der Waals surface area contributed by atoms with Crippen molar-refractivity contribution in [3.8, 4) is 0 Å². The zero-order chi connectivity index (χ0) is 13.9. The Morgan fingerprint density at radius 3 is 2.33 bits per heavy atom. The lowest BCUT2D eigenvalue weighted by atomic mass is 10.2. The van der Waals surface area contributed by atoms with Crippen molar-refractivity contribution in [2.24, 2.45) is 5.14 Å². The molecule has 2 N–H and O–H groups in total. The van der Waals surface area contributed by atoms with Crippen LogP contribution in [-0.4, -0.2) is 32.3 Å². The number of halogens is 1. The zero-order valence-corrected chi connectivity index (χ0v) is 11.8. The predicted molar refractivity (Wildman–Crippen MR) is 70.1 cm³/mol. The molecule has 7 heteroatoms. The second-order valence-electron chi connectivity index (χ2n) is 3.66. The van der Waals surface area contributed by atoms with Crippen LogP contribution in [0.4, 0.5) is 0 Å². The van der Waals surface area contributed by atoms with Gasteiger partial charge in [-0.3, -0.25) is 4.79 Å². The van der Waals surface area contributed by atoms with Gasteiger partial charge in [0.25, 0.3) is 5.91 Å². The van der Waals surface area contributed by atoms with Crippen molar-refractivity contribution in [2.45, 2.75) is 18.7 Å². The van der Waals surface area contributed by atoms with E-state index in [1.165, 1.54) is 18.2 Å². The summed E-state index contributed by atoms with van der Waals surface area (Å²) < 4.78 is 22.5. The quantitative estimate of drug-likeness (QED) is 0.912. The Hall–Kier alpha value is -1.11. The summed E-state index contributed by atoms with van der Waals surface area (Å²) in [6, 6.07) is 3.84. The molecule has 0 spiro atoms. The first-order valence-electron chi connectivity index (χ1n) is 5.42. The van der Waals surface area contributed by atoms with Gasteiger partial charge in [-0.05, 0) is 32.0 Å². The summed E-state index contributed by atoms with van der Waals surface area (Å²) in [7, 11) is -3.84. The van der Waals surface area contributed by atoms with Crippen LogP contribution < -0.4 is 5.14 Å². The van der Waals surface area contributed by atoms with Gasteiger partial charge in [0.15, 0.2) is 0 Å². The van der Waals surface area contributed by atoms with Crippen LogP contribution in [0.2, 0.25) is 5.02 Å². The Labute approximate surface area is 112 Å². The van der Waals surface area contributed by atoms with Gasteiger partial charge in [-0.2, -0.15) is 0 Å². The topological polar surface area (TPSA) is 80.5 Å². The highest BCUT2D eigenvalue weighted by molar-refractivity contribution is 7.89. The highest BCUT2D eigenvalue weighted by atomic mass is 35.5. The number of hydrogen-bond acceptors (Lipinski definition) is 3. The summed E-state index contributed by atoms with van der Waals surface area (Å²) in [6.07, 6.45) is 0. The molecule has 0 saturated heterocycles. The summed E-state index contributed by atoms with van der Waals surface area (Å²) >= 11 is 5.92. The highest BCUT2D eigenvalue weighted by Crippen LogP contribution is 2.21. The van der Waals surface area contributed by atoms with Crippen LogP contribution in [0.1, 0.15) is 24.2 Å². The lowest BCUT2D eigenvalue weighted by Crippen LogP contribution is -2.30. The molecule has 0 saturated carbocycles. The minimum Gasteiger partial charge on any atom is -0.339 e. The van der Waals surface area contributed by atoms with Gasteiger partial charge < -0.3 is 4.90 Å². The normalized spacial score (nSPS) is 11.3. The van der Waals surface area contributed by atoms with E-state index in [1.54, 1.807) is 4.90 Å². The van der Waals surface area contributed by atoms with Crippen LogP contribution in [-0.2, 0) is 10.0 Å². The molecule has 1 rings (SSSR count). The first-order chi connectivity index (χ1) is 8.31. The van der Waals surface area contributed by atoms with Gasteiger partial charge in [0.05, 0.1) is 15.5 Å². The van der Waals surface area contributed by atoms with Crippen molar-refractivity contribution in [3.63, 3.8) is 0 Å². The van der Waals surface area contributed by atoms with Crippen molar-refractivity contribution in [3.05, 3.63) is 28.8 Å². The Morgan fingerprint density at radius 2 is 1.89 bits per heavy atom. The largest absolute Gasteiger partial charge is 0.339 e. The van der Waals surface area contributed by atoms with Crippen LogP contribution in [0, 0.1) is 0 Å². The SMILES string of the molecule is CCN(CC)C(=O)c1cc(S(N)(=O)=O)ccc1Cl. The van der Waals surface area contributed by atoms with E-state index in [2.05, 4.69) is 0 Å². The molecule has 0 aliphatic heterocycles. The first-order valence-corrected chi connectivity index (χ1v) is 7.35. The number of primary sulfonamides is 1. The van der Waals surface area contributed by atoms with Gasteiger partial charge in [-0.1, -0.05) is 11.6 Å². The maximum Gasteiger partial charge on any atom is 0.255 e. The standard InChI is InChI=1S/C11H15ClN2O3S/c1-3-14(4-2)11(15)9-7-8(18(13,16)17)5-6-10(9)12/h5-7H,3-4H2,1-2H3,(H2,13,16,17). The molecular weight excluding hydrogens is 276 g/mol. The number of nitrogens with zero attached hydrogens (tertiary/aromatic N) is 1. The predicted octanol–water partition coefficient (Wildman–Crippen LogP) is 1.47. The first kappa shape index (κ1) is 14.9. The van der Waals surface area contributed by atoms with E-state index >= 15 is 0 Å². The summed E-state index contributed by atoms with van der Waals surface area (Å²) in [5, 5.41) is 5.23. The molecular formula is C11H15ClN2O3S. The van der Waals surface area contributed by atoms with Gasteiger partial charge in [-0.25, -0.2) is 13.6 Å². The van der Waals surface area contributed by atoms with E-state index in [4.69, 9.17) is 16.7 Å². The van der Waals surface area contributed by atoms with Crippen LogP contribution >= 0.6 is 11.6 Å². The average molecular weight is 291 g/mol. The molecule has 0 bridgehead atoms. The third kappa shape index (κ3) is 3.22. The number of rotatable bonds is 4. The monoisotopic (exact) mass is 290 g/mol. The van der Waals surface area contributed by atoms with Crippen molar-refractivity contribution in [1.82, 2.24) is 4.90 Å².